The van der Waals surface area contributed by atoms with Crippen LogP contribution >= 0.6 is 54.5 Å². The van der Waals surface area contributed by atoms with Gasteiger partial charge in [-0.3, -0.25) is 0 Å². The van der Waals surface area contributed by atoms with Gasteiger partial charge in [-0.1, -0.05) is 54.5 Å². The summed E-state index contributed by atoms with van der Waals surface area (Å²) in [6, 6.07) is 8.06. The van der Waals surface area contributed by atoms with E-state index >= 15 is 0 Å². The summed E-state index contributed by atoms with van der Waals surface area (Å²) in [6.45, 7) is 4.10. The van der Waals surface area contributed by atoms with Gasteiger partial charge in [0, 0.05) is 8.95 Å². The third-order valence-corrected chi connectivity index (χ3v) is 7.02. The molecule has 124 valence electrons. The molecule has 2 heterocycles. The number of thiazole rings is 2. The second-order valence-electron chi connectivity index (χ2n) is 5.19. The molecule has 0 spiro atoms. The lowest BCUT2D eigenvalue weighted by Gasteiger charge is -1.96. The van der Waals surface area contributed by atoms with Crippen molar-refractivity contribution >= 4 is 85.2 Å². The van der Waals surface area contributed by atoms with Crippen LogP contribution in [0.1, 0.15) is 11.1 Å². The number of nitrogens with zero attached hydrogens (tertiary/aromatic N) is 2. The highest BCUT2D eigenvalue weighted by Crippen LogP contribution is 2.31. The van der Waals surface area contributed by atoms with Crippen LogP contribution in [0, 0.1) is 13.8 Å². The van der Waals surface area contributed by atoms with Crippen molar-refractivity contribution in [3.63, 3.8) is 0 Å². The Morgan fingerprint density at radius 3 is 2.29 bits per heavy atom. The molecule has 4 aromatic rings. The molecule has 4 N–H and O–H groups in total. The van der Waals surface area contributed by atoms with Gasteiger partial charge in [0.05, 0.1) is 20.4 Å². The highest BCUT2D eigenvalue weighted by molar-refractivity contribution is 9.10. The summed E-state index contributed by atoms with van der Waals surface area (Å²) in [4.78, 5) is 8.38. The van der Waals surface area contributed by atoms with Crippen molar-refractivity contribution in [2.75, 3.05) is 11.5 Å². The average molecular weight is 486 g/mol. The molecule has 4 nitrogen and oxygen atoms in total. The number of aryl methyl sites for hydroxylation is 2. The number of nitrogens with two attached hydrogens (primary N) is 2. The number of fused-ring (bicyclic) bond motifs is 2. The average Bonchev–Trinajstić information content (AvgIpc) is 3.06. The van der Waals surface area contributed by atoms with Crippen molar-refractivity contribution in [1.82, 2.24) is 9.97 Å². The molecular weight excluding hydrogens is 472 g/mol. The summed E-state index contributed by atoms with van der Waals surface area (Å²) in [5.41, 5.74) is 15.6. The summed E-state index contributed by atoms with van der Waals surface area (Å²) in [5, 5.41) is 1.26. The van der Waals surface area contributed by atoms with Gasteiger partial charge >= 0.3 is 0 Å². The zero-order chi connectivity index (χ0) is 17.4. The first-order valence-corrected chi connectivity index (χ1v) is 10.2. The van der Waals surface area contributed by atoms with Gasteiger partial charge in [-0.15, -0.1) is 0 Å². The number of halogens is 2. The van der Waals surface area contributed by atoms with Crippen molar-refractivity contribution in [2.24, 2.45) is 0 Å². The molecule has 0 unspecified atom stereocenters. The Morgan fingerprint density at radius 1 is 0.875 bits per heavy atom. The third kappa shape index (κ3) is 3.56. The maximum absolute atomic E-state index is 5.60. The molecule has 8 heteroatoms. The van der Waals surface area contributed by atoms with Crippen molar-refractivity contribution in [3.05, 3.63) is 44.3 Å². The topological polar surface area (TPSA) is 77.8 Å². The van der Waals surface area contributed by atoms with Crippen LogP contribution in [0.4, 0.5) is 10.3 Å². The Labute approximate surface area is 164 Å². The minimum Gasteiger partial charge on any atom is -0.375 e. The molecule has 0 radical (unpaired) electrons. The Balaban J connectivity index is 0.000000141. The monoisotopic (exact) mass is 484 g/mol. The fourth-order valence-electron chi connectivity index (χ4n) is 2.19. The molecule has 0 fully saturated rings. The van der Waals surface area contributed by atoms with Gasteiger partial charge in [0.1, 0.15) is 0 Å². The van der Waals surface area contributed by atoms with Crippen molar-refractivity contribution in [2.45, 2.75) is 13.8 Å². The summed E-state index contributed by atoms with van der Waals surface area (Å²) in [7, 11) is 0. The quantitative estimate of drug-likeness (QED) is 0.325. The number of aromatic nitrogens is 2. The van der Waals surface area contributed by atoms with Crippen LogP contribution in [0.15, 0.2) is 33.2 Å². The molecule has 0 bridgehead atoms. The maximum Gasteiger partial charge on any atom is 0.181 e. The fraction of sp³-hybridized carbons (Fsp3) is 0.125. The van der Waals surface area contributed by atoms with E-state index in [1.807, 2.05) is 25.1 Å². The Bertz CT molecular complexity index is 1000. The Morgan fingerprint density at radius 2 is 1.54 bits per heavy atom. The molecule has 0 aliphatic heterocycles. The third-order valence-electron chi connectivity index (χ3n) is 3.44. The summed E-state index contributed by atoms with van der Waals surface area (Å²) >= 11 is 9.97. The SMILES string of the molecule is Cc1c(Br)ccc2nc(N)sc12.Cc1cc2nc(N)sc2cc1Br. The second kappa shape index (κ2) is 6.95. The van der Waals surface area contributed by atoms with Crippen LogP contribution in [0.3, 0.4) is 0 Å². The van der Waals surface area contributed by atoms with E-state index in [9.17, 15) is 0 Å². The number of rotatable bonds is 0. The molecular formula is C16H14Br2N4S2. The predicted molar refractivity (Wildman–Crippen MR) is 113 cm³/mol. The standard InChI is InChI=1S/2C8H7BrN2S/c1-4-2-6-7(3-5(4)9)12-8(10)11-6;1-4-5(9)2-3-6-7(4)12-8(10)11-6/h2*2-3H,1H3,(H2,10,11). The first-order valence-electron chi connectivity index (χ1n) is 6.98. The van der Waals surface area contributed by atoms with Crippen molar-refractivity contribution in [1.29, 1.82) is 0 Å². The molecule has 2 aromatic heterocycles. The molecule has 4 rings (SSSR count). The number of nitrogen functional groups attached to an aromatic ring is 2. The van der Waals surface area contributed by atoms with Crippen LogP contribution < -0.4 is 11.5 Å². The van der Waals surface area contributed by atoms with E-state index in [-0.39, 0.29) is 0 Å². The molecule has 0 aliphatic rings. The van der Waals surface area contributed by atoms with E-state index in [0.717, 1.165) is 24.7 Å². The minimum atomic E-state index is 0.627. The number of hydrogen-bond donors (Lipinski definition) is 2. The summed E-state index contributed by atoms with van der Waals surface area (Å²) < 4.78 is 4.52. The van der Waals surface area contributed by atoms with E-state index in [2.05, 4.69) is 54.8 Å². The highest BCUT2D eigenvalue weighted by Gasteiger charge is 2.05. The van der Waals surface area contributed by atoms with Gasteiger partial charge in [-0.05, 0) is 49.2 Å². The highest BCUT2D eigenvalue weighted by atomic mass is 79.9. The molecule has 24 heavy (non-hydrogen) atoms. The van der Waals surface area contributed by atoms with Crippen molar-refractivity contribution < 1.29 is 0 Å². The zero-order valence-corrected chi connectivity index (χ0v) is 17.7. The van der Waals surface area contributed by atoms with Crippen LogP contribution in [0.2, 0.25) is 0 Å². The van der Waals surface area contributed by atoms with E-state index in [1.165, 1.54) is 38.5 Å². The van der Waals surface area contributed by atoms with Crippen LogP contribution in [-0.2, 0) is 0 Å². The lowest BCUT2D eigenvalue weighted by molar-refractivity contribution is 1.43. The van der Waals surface area contributed by atoms with Gasteiger partial charge in [-0.25, -0.2) is 9.97 Å². The number of anilines is 2. The Kier molecular flexibility index (Phi) is 5.10. The normalized spacial score (nSPS) is 10.8. The van der Waals surface area contributed by atoms with E-state index in [1.54, 1.807) is 0 Å². The lowest BCUT2D eigenvalue weighted by Crippen LogP contribution is -1.79. The van der Waals surface area contributed by atoms with Gasteiger partial charge in [0.15, 0.2) is 10.3 Å². The van der Waals surface area contributed by atoms with Gasteiger partial charge in [0.2, 0.25) is 0 Å². The molecule has 0 atom stereocenters. The van der Waals surface area contributed by atoms with E-state index < -0.39 is 0 Å². The molecule has 0 saturated heterocycles. The van der Waals surface area contributed by atoms with Gasteiger partial charge in [0.25, 0.3) is 0 Å². The predicted octanol–water partition coefficient (Wildman–Crippen LogP) is 5.90. The number of benzene rings is 2. The minimum absolute atomic E-state index is 0.627. The molecule has 0 aliphatic carbocycles. The fourth-order valence-corrected chi connectivity index (χ4v) is 4.73. The maximum atomic E-state index is 5.60. The summed E-state index contributed by atoms with van der Waals surface area (Å²) in [5.74, 6) is 0. The zero-order valence-electron chi connectivity index (χ0n) is 12.9. The van der Waals surface area contributed by atoms with Crippen molar-refractivity contribution in [3.8, 4) is 0 Å². The first kappa shape index (κ1) is 17.6. The van der Waals surface area contributed by atoms with Crippen LogP contribution in [-0.4, -0.2) is 9.97 Å². The second-order valence-corrected chi connectivity index (χ2v) is 9.00. The van der Waals surface area contributed by atoms with Crippen LogP contribution in [0.5, 0.6) is 0 Å². The van der Waals surface area contributed by atoms with E-state index in [4.69, 9.17) is 11.5 Å². The smallest absolute Gasteiger partial charge is 0.181 e. The lowest BCUT2D eigenvalue weighted by atomic mass is 10.2. The molecule has 0 amide bonds. The van der Waals surface area contributed by atoms with Gasteiger partial charge < -0.3 is 11.5 Å². The first-order chi connectivity index (χ1) is 11.3. The van der Waals surface area contributed by atoms with Crippen LogP contribution in [0.25, 0.3) is 20.4 Å². The molecule has 2 aromatic carbocycles. The number of hydrogen-bond acceptors (Lipinski definition) is 6. The Hall–Kier alpha value is -1.22. The van der Waals surface area contributed by atoms with Gasteiger partial charge in [-0.2, -0.15) is 0 Å². The summed E-state index contributed by atoms with van der Waals surface area (Å²) in [6.07, 6.45) is 0. The largest absolute Gasteiger partial charge is 0.375 e. The van der Waals surface area contributed by atoms with E-state index in [0.29, 0.717) is 10.3 Å². The molecule has 0 saturated carbocycles.